The number of nitrogens with two attached hydrogens (primary N) is 1. The monoisotopic (exact) mass is 378 g/mol. The number of carboxylic acids is 1. The summed E-state index contributed by atoms with van der Waals surface area (Å²) in [6.07, 6.45) is 0.101. The van der Waals surface area contributed by atoms with Crippen molar-refractivity contribution in [3.63, 3.8) is 0 Å². The molecule has 0 bridgehead atoms. The standard InChI is InChI=1S/C13H18N2O5S3/c1-9-2-3-10(8-11(9)23(14,19)20)13(18)15-5-7-22-21-6-4-12(16)17/h2-3,8H,4-7H2,1H3,(H,15,18)(H,16,17)(H2,14,19,20). The number of primary sulfonamides is 1. The Balaban J connectivity index is 2.45. The number of aliphatic carboxylic acids is 1. The predicted molar refractivity (Wildman–Crippen MR) is 92.1 cm³/mol. The number of hydrogen-bond donors (Lipinski definition) is 3. The highest BCUT2D eigenvalue weighted by molar-refractivity contribution is 8.76. The third-order valence-corrected chi connectivity index (χ3v) is 6.17. The van der Waals surface area contributed by atoms with Crippen LogP contribution < -0.4 is 10.5 Å². The Morgan fingerprint density at radius 3 is 2.52 bits per heavy atom. The molecule has 0 aliphatic carbocycles. The first-order valence-electron chi connectivity index (χ1n) is 6.59. The molecule has 1 aromatic carbocycles. The van der Waals surface area contributed by atoms with Gasteiger partial charge >= 0.3 is 5.97 Å². The van der Waals surface area contributed by atoms with Crippen molar-refractivity contribution in [1.29, 1.82) is 0 Å². The van der Waals surface area contributed by atoms with E-state index in [1.807, 2.05) is 0 Å². The smallest absolute Gasteiger partial charge is 0.304 e. The lowest BCUT2D eigenvalue weighted by molar-refractivity contribution is -0.136. The molecule has 0 heterocycles. The van der Waals surface area contributed by atoms with Gasteiger partial charge in [0.05, 0.1) is 11.3 Å². The van der Waals surface area contributed by atoms with Gasteiger partial charge in [-0.2, -0.15) is 0 Å². The molecular formula is C13H18N2O5S3. The normalized spacial score (nSPS) is 11.2. The largest absolute Gasteiger partial charge is 0.481 e. The molecule has 0 aliphatic heterocycles. The molecule has 1 aromatic rings. The van der Waals surface area contributed by atoms with Crippen molar-refractivity contribution in [2.45, 2.75) is 18.2 Å². The van der Waals surface area contributed by atoms with Gasteiger partial charge in [0.2, 0.25) is 10.0 Å². The minimum atomic E-state index is -3.87. The molecule has 1 amide bonds. The van der Waals surface area contributed by atoms with Crippen LogP contribution in [0.2, 0.25) is 0 Å². The van der Waals surface area contributed by atoms with Crippen LogP contribution in [-0.2, 0) is 14.8 Å². The molecule has 4 N–H and O–H groups in total. The van der Waals surface area contributed by atoms with Gasteiger partial charge in [0.15, 0.2) is 0 Å². The topological polar surface area (TPSA) is 127 Å². The molecule has 0 fully saturated rings. The highest BCUT2D eigenvalue weighted by Gasteiger charge is 2.14. The van der Waals surface area contributed by atoms with E-state index < -0.39 is 16.0 Å². The first-order valence-corrected chi connectivity index (χ1v) is 10.6. The van der Waals surface area contributed by atoms with Crippen LogP contribution in [0.5, 0.6) is 0 Å². The Kier molecular flexibility index (Phi) is 7.89. The molecular weight excluding hydrogens is 360 g/mol. The Morgan fingerprint density at radius 2 is 1.91 bits per heavy atom. The number of nitrogens with one attached hydrogen (secondary N) is 1. The first kappa shape index (κ1) is 19.8. The van der Waals surface area contributed by atoms with Gasteiger partial charge in [-0.3, -0.25) is 9.59 Å². The molecule has 10 heteroatoms. The summed E-state index contributed by atoms with van der Waals surface area (Å²) in [6.45, 7) is 1.99. The molecule has 1 rings (SSSR count). The molecule has 0 saturated carbocycles. The number of sulfonamides is 1. The summed E-state index contributed by atoms with van der Waals surface area (Å²) in [7, 11) is -0.977. The zero-order valence-electron chi connectivity index (χ0n) is 12.4. The van der Waals surface area contributed by atoms with Gasteiger partial charge in [0.25, 0.3) is 5.91 Å². The second kappa shape index (κ2) is 9.16. The molecule has 0 spiro atoms. The second-order valence-corrected chi connectivity index (χ2v) is 8.80. The third kappa shape index (κ3) is 7.25. The number of carbonyl (C=O) groups excluding carboxylic acids is 1. The van der Waals surface area contributed by atoms with Gasteiger partial charge in [-0.05, 0) is 24.6 Å². The second-order valence-electron chi connectivity index (χ2n) is 4.57. The first-order chi connectivity index (χ1) is 10.7. The number of benzene rings is 1. The van der Waals surface area contributed by atoms with Crippen molar-refractivity contribution in [2.24, 2.45) is 5.14 Å². The van der Waals surface area contributed by atoms with Gasteiger partial charge in [0, 0.05) is 23.6 Å². The van der Waals surface area contributed by atoms with Crippen molar-refractivity contribution in [3.8, 4) is 0 Å². The minimum absolute atomic E-state index is 0.0660. The van der Waals surface area contributed by atoms with Gasteiger partial charge < -0.3 is 10.4 Å². The summed E-state index contributed by atoms with van der Waals surface area (Å²) in [5.41, 5.74) is 0.706. The van der Waals surface area contributed by atoms with Crippen LogP contribution in [0.1, 0.15) is 22.3 Å². The lowest BCUT2D eigenvalue weighted by atomic mass is 10.1. The Labute approximate surface area is 142 Å². The summed E-state index contributed by atoms with van der Waals surface area (Å²) in [5.74, 6) is -0.101. The molecule has 0 aromatic heterocycles. The maximum atomic E-state index is 12.0. The van der Waals surface area contributed by atoms with E-state index >= 15 is 0 Å². The average molecular weight is 378 g/mol. The molecule has 0 saturated heterocycles. The van der Waals surface area contributed by atoms with Crippen LogP contribution >= 0.6 is 21.6 Å². The molecule has 7 nitrogen and oxygen atoms in total. The van der Waals surface area contributed by atoms with E-state index in [4.69, 9.17) is 10.2 Å². The van der Waals surface area contributed by atoms with Crippen molar-refractivity contribution in [2.75, 3.05) is 18.1 Å². The fourth-order valence-corrected chi connectivity index (χ4v) is 4.30. The lowest BCUT2D eigenvalue weighted by Gasteiger charge is -2.08. The number of hydrogen-bond acceptors (Lipinski definition) is 6. The number of carboxylic acid groups (broad SMARTS) is 1. The average Bonchev–Trinajstić information content (AvgIpc) is 2.45. The Bertz CT molecular complexity index is 676. The van der Waals surface area contributed by atoms with E-state index in [2.05, 4.69) is 5.32 Å². The fraction of sp³-hybridized carbons (Fsp3) is 0.385. The van der Waals surface area contributed by atoms with Crippen molar-refractivity contribution in [3.05, 3.63) is 29.3 Å². The molecule has 128 valence electrons. The Morgan fingerprint density at radius 1 is 1.26 bits per heavy atom. The minimum Gasteiger partial charge on any atom is -0.481 e. The summed E-state index contributed by atoms with van der Waals surface area (Å²) in [5, 5.41) is 16.3. The highest BCUT2D eigenvalue weighted by atomic mass is 33.1. The van der Waals surface area contributed by atoms with E-state index in [0.29, 0.717) is 23.6 Å². The quantitative estimate of drug-likeness (QED) is 0.436. The third-order valence-electron chi connectivity index (χ3n) is 2.71. The Hall–Kier alpha value is -1.23. The zero-order chi connectivity index (χ0) is 17.5. The fourth-order valence-electron chi connectivity index (χ4n) is 1.60. The van der Waals surface area contributed by atoms with Crippen LogP contribution in [0.4, 0.5) is 0 Å². The predicted octanol–water partition coefficient (Wildman–Crippen LogP) is 1.23. The van der Waals surface area contributed by atoms with Crippen LogP contribution in [0, 0.1) is 6.92 Å². The molecule has 0 aliphatic rings. The molecule has 0 atom stereocenters. The van der Waals surface area contributed by atoms with E-state index in [0.717, 1.165) is 0 Å². The summed E-state index contributed by atoms with van der Waals surface area (Å²) in [6, 6.07) is 4.33. The SMILES string of the molecule is Cc1ccc(C(=O)NCCSSCCC(=O)O)cc1S(N)(=O)=O. The summed E-state index contributed by atoms with van der Waals surface area (Å²) in [4.78, 5) is 22.2. The number of rotatable bonds is 9. The van der Waals surface area contributed by atoms with Gasteiger partial charge in [-0.1, -0.05) is 27.7 Å². The van der Waals surface area contributed by atoms with E-state index in [1.54, 1.807) is 6.92 Å². The van der Waals surface area contributed by atoms with Crippen LogP contribution in [0.3, 0.4) is 0 Å². The number of carbonyl (C=O) groups is 2. The van der Waals surface area contributed by atoms with E-state index in [-0.39, 0.29) is 22.8 Å². The van der Waals surface area contributed by atoms with Crippen molar-refractivity contribution >= 4 is 43.5 Å². The lowest BCUT2D eigenvalue weighted by Crippen LogP contribution is -2.26. The van der Waals surface area contributed by atoms with Gasteiger partial charge in [-0.15, -0.1) is 0 Å². The van der Waals surface area contributed by atoms with Gasteiger partial charge in [0.1, 0.15) is 0 Å². The van der Waals surface area contributed by atoms with E-state index in [9.17, 15) is 18.0 Å². The van der Waals surface area contributed by atoms with Crippen LogP contribution in [0.15, 0.2) is 23.1 Å². The van der Waals surface area contributed by atoms with E-state index in [1.165, 1.54) is 39.8 Å². The summed E-state index contributed by atoms with van der Waals surface area (Å²) < 4.78 is 22.9. The molecule has 0 unspecified atom stereocenters. The van der Waals surface area contributed by atoms with Crippen molar-refractivity contribution in [1.82, 2.24) is 5.32 Å². The number of amides is 1. The maximum Gasteiger partial charge on any atom is 0.304 e. The highest BCUT2D eigenvalue weighted by Crippen LogP contribution is 2.21. The van der Waals surface area contributed by atoms with Crippen molar-refractivity contribution < 1.29 is 23.1 Å². The molecule has 0 radical (unpaired) electrons. The van der Waals surface area contributed by atoms with Crippen LogP contribution in [0.25, 0.3) is 0 Å². The van der Waals surface area contributed by atoms with Gasteiger partial charge in [-0.25, -0.2) is 13.6 Å². The van der Waals surface area contributed by atoms with Crippen LogP contribution in [-0.4, -0.2) is 43.5 Å². The zero-order valence-corrected chi connectivity index (χ0v) is 14.9. The number of aryl methyl sites for hydroxylation is 1. The summed E-state index contributed by atoms with van der Waals surface area (Å²) >= 11 is 0. The maximum absolute atomic E-state index is 12.0. The molecule has 23 heavy (non-hydrogen) atoms.